The van der Waals surface area contributed by atoms with E-state index < -0.39 is 0 Å². The summed E-state index contributed by atoms with van der Waals surface area (Å²) in [6.45, 7) is 4.44. The lowest BCUT2D eigenvalue weighted by Gasteiger charge is -2.15. The molecule has 2 rings (SSSR count). The van der Waals surface area contributed by atoms with Crippen molar-refractivity contribution >= 4 is 5.69 Å². The van der Waals surface area contributed by atoms with Crippen LogP contribution in [0, 0.1) is 17.0 Å². The van der Waals surface area contributed by atoms with Gasteiger partial charge in [0.1, 0.15) is 0 Å². The van der Waals surface area contributed by atoms with Crippen LogP contribution >= 0.6 is 0 Å². The maximum Gasteiger partial charge on any atom is 0.272 e. The molecule has 2 aromatic rings. The molecule has 0 aliphatic rings. The fraction of sp³-hybridized carbons (Fsp3) is 0.267. The molecule has 0 unspecified atom stereocenters. The average Bonchev–Trinajstić information content (AvgIpc) is 2.46. The lowest BCUT2D eigenvalue weighted by Crippen LogP contribution is -2.18. The molecule has 1 aromatic carbocycles. The summed E-state index contributed by atoms with van der Waals surface area (Å²) in [7, 11) is 0. The first-order valence-corrected chi connectivity index (χ1v) is 6.45. The molecule has 104 valence electrons. The first-order chi connectivity index (χ1) is 9.59. The van der Waals surface area contributed by atoms with Crippen molar-refractivity contribution < 1.29 is 4.92 Å². The van der Waals surface area contributed by atoms with Crippen molar-refractivity contribution in [2.45, 2.75) is 26.4 Å². The lowest BCUT2D eigenvalue weighted by atomic mass is 10.1. The van der Waals surface area contributed by atoms with Gasteiger partial charge < -0.3 is 5.32 Å². The van der Waals surface area contributed by atoms with Crippen molar-refractivity contribution in [3.05, 3.63) is 69.5 Å². The van der Waals surface area contributed by atoms with Crippen LogP contribution in [-0.2, 0) is 6.54 Å². The van der Waals surface area contributed by atoms with Crippen molar-refractivity contribution in [2.75, 3.05) is 0 Å². The first-order valence-electron chi connectivity index (χ1n) is 6.45. The third-order valence-corrected chi connectivity index (χ3v) is 3.42. The van der Waals surface area contributed by atoms with Gasteiger partial charge in [-0.25, -0.2) is 0 Å². The molecule has 1 aromatic heterocycles. The summed E-state index contributed by atoms with van der Waals surface area (Å²) in [4.78, 5) is 14.6. The molecule has 0 fully saturated rings. The van der Waals surface area contributed by atoms with Gasteiger partial charge in [-0.2, -0.15) is 0 Å². The normalized spacial score (nSPS) is 12.1. The quantitative estimate of drug-likeness (QED) is 0.670. The van der Waals surface area contributed by atoms with Crippen molar-refractivity contribution in [2.24, 2.45) is 0 Å². The highest BCUT2D eigenvalue weighted by Crippen LogP contribution is 2.21. The topological polar surface area (TPSA) is 68.1 Å². The van der Waals surface area contributed by atoms with Gasteiger partial charge >= 0.3 is 0 Å². The molecule has 1 atom stereocenters. The van der Waals surface area contributed by atoms with E-state index in [0.717, 1.165) is 11.1 Å². The summed E-state index contributed by atoms with van der Waals surface area (Å²) in [6.07, 6.45) is 3.51. The van der Waals surface area contributed by atoms with Crippen LogP contribution in [0.1, 0.15) is 29.7 Å². The Morgan fingerprint density at radius 1 is 1.30 bits per heavy atom. The van der Waals surface area contributed by atoms with E-state index in [1.54, 1.807) is 25.4 Å². The number of hydrogen-bond donors (Lipinski definition) is 1. The minimum Gasteiger partial charge on any atom is -0.306 e. The molecule has 20 heavy (non-hydrogen) atoms. The molecule has 0 saturated carbocycles. The summed E-state index contributed by atoms with van der Waals surface area (Å²) >= 11 is 0. The van der Waals surface area contributed by atoms with Crippen molar-refractivity contribution in [3.8, 4) is 0 Å². The molecule has 0 aliphatic carbocycles. The van der Waals surface area contributed by atoms with Crippen molar-refractivity contribution in [1.29, 1.82) is 0 Å². The Morgan fingerprint density at radius 3 is 2.65 bits per heavy atom. The van der Waals surface area contributed by atoms with E-state index in [1.165, 1.54) is 6.07 Å². The third-order valence-electron chi connectivity index (χ3n) is 3.42. The van der Waals surface area contributed by atoms with Crippen molar-refractivity contribution in [3.63, 3.8) is 0 Å². The highest BCUT2D eigenvalue weighted by Gasteiger charge is 2.13. The second-order valence-corrected chi connectivity index (χ2v) is 4.70. The average molecular weight is 271 g/mol. The number of hydrogen-bond acceptors (Lipinski definition) is 4. The number of nitrogens with zero attached hydrogens (tertiary/aromatic N) is 2. The molecule has 0 saturated heterocycles. The molecule has 0 radical (unpaired) electrons. The molecule has 0 spiro atoms. The second-order valence-electron chi connectivity index (χ2n) is 4.70. The number of nitro groups is 1. The van der Waals surface area contributed by atoms with Crippen LogP contribution in [0.25, 0.3) is 0 Å². The van der Waals surface area contributed by atoms with E-state index in [1.807, 2.05) is 18.2 Å². The minimum atomic E-state index is -0.342. The van der Waals surface area contributed by atoms with Gasteiger partial charge in [0.05, 0.1) is 4.92 Å². The Bertz CT molecular complexity index is 599. The molecule has 1 N–H and O–H groups in total. The summed E-state index contributed by atoms with van der Waals surface area (Å²) in [5.74, 6) is 0. The summed E-state index contributed by atoms with van der Waals surface area (Å²) in [5, 5.41) is 14.3. The van der Waals surface area contributed by atoms with Crippen LogP contribution in [0.15, 0.2) is 42.7 Å². The third kappa shape index (κ3) is 3.19. The molecular weight excluding hydrogens is 254 g/mol. The van der Waals surface area contributed by atoms with E-state index >= 15 is 0 Å². The predicted octanol–water partition coefficient (Wildman–Crippen LogP) is 3.15. The Hall–Kier alpha value is -2.27. The second kappa shape index (κ2) is 6.25. The van der Waals surface area contributed by atoms with E-state index in [9.17, 15) is 10.1 Å². The zero-order chi connectivity index (χ0) is 14.5. The number of aromatic nitrogens is 1. The van der Waals surface area contributed by atoms with Gasteiger partial charge in [-0.15, -0.1) is 0 Å². The fourth-order valence-corrected chi connectivity index (χ4v) is 2.09. The van der Waals surface area contributed by atoms with Crippen molar-refractivity contribution in [1.82, 2.24) is 10.3 Å². The van der Waals surface area contributed by atoms with Gasteiger partial charge in [-0.05, 0) is 37.1 Å². The van der Waals surface area contributed by atoms with Crippen LogP contribution in [0.5, 0.6) is 0 Å². The SMILES string of the molecule is Cc1c(CN[C@H](C)c2ccncc2)cccc1[N+](=O)[O-]. The number of benzene rings is 1. The molecule has 0 amide bonds. The maximum absolute atomic E-state index is 10.9. The molecule has 0 aliphatic heterocycles. The van der Waals surface area contributed by atoms with E-state index in [2.05, 4.69) is 17.2 Å². The van der Waals surface area contributed by atoms with E-state index in [0.29, 0.717) is 12.1 Å². The van der Waals surface area contributed by atoms with Gasteiger partial charge in [-0.3, -0.25) is 15.1 Å². The fourth-order valence-electron chi connectivity index (χ4n) is 2.09. The lowest BCUT2D eigenvalue weighted by molar-refractivity contribution is -0.385. The van der Waals surface area contributed by atoms with Crippen LogP contribution in [0.3, 0.4) is 0 Å². The first kappa shape index (κ1) is 14.1. The zero-order valence-corrected chi connectivity index (χ0v) is 11.5. The van der Waals surface area contributed by atoms with Crippen LogP contribution in [0.2, 0.25) is 0 Å². The number of nitro benzene ring substituents is 1. The molecule has 1 heterocycles. The summed E-state index contributed by atoms with van der Waals surface area (Å²) in [5.41, 5.74) is 2.97. The molecule has 0 bridgehead atoms. The Balaban J connectivity index is 2.08. The minimum absolute atomic E-state index is 0.164. The predicted molar refractivity (Wildman–Crippen MR) is 77.3 cm³/mol. The van der Waals surface area contributed by atoms with Gasteiger partial charge in [-0.1, -0.05) is 12.1 Å². The smallest absolute Gasteiger partial charge is 0.272 e. The summed E-state index contributed by atoms with van der Waals surface area (Å²) in [6, 6.07) is 9.24. The highest BCUT2D eigenvalue weighted by atomic mass is 16.6. The number of nitrogens with one attached hydrogen (secondary N) is 1. The Labute approximate surface area is 117 Å². The Morgan fingerprint density at radius 2 is 2.00 bits per heavy atom. The molecule has 5 heteroatoms. The van der Waals surface area contributed by atoms with Gasteiger partial charge in [0.25, 0.3) is 5.69 Å². The maximum atomic E-state index is 10.9. The van der Waals surface area contributed by atoms with E-state index in [4.69, 9.17) is 0 Å². The molecule has 5 nitrogen and oxygen atoms in total. The standard InChI is InChI=1S/C15H17N3O2/c1-11-14(4-3-5-15(11)18(19)20)10-17-12(2)13-6-8-16-9-7-13/h3-9,12,17H,10H2,1-2H3/t12-/m1/s1. The number of rotatable bonds is 5. The zero-order valence-electron chi connectivity index (χ0n) is 11.5. The largest absolute Gasteiger partial charge is 0.306 e. The van der Waals surface area contributed by atoms with Gasteiger partial charge in [0.2, 0.25) is 0 Å². The van der Waals surface area contributed by atoms with Crippen LogP contribution < -0.4 is 5.32 Å². The summed E-state index contributed by atoms with van der Waals surface area (Å²) < 4.78 is 0. The number of pyridine rings is 1. The van der Waals surface area contributed by atoms with Gasteiger partial charge in [0, 0.05) is 36.6 Å². The molecular formula is C15H17N3O2. The highest BCUT2D eigenvalue weighted by molar-refractivity contribution is 5.44. The monoisotopic (exact) mass is 271 g/mol. The van der Waals surface area contributed by atoms with E-state index in [-0.39, 0.29) is 16.7 Å². The Kier molecular flexibility index (Phi) is 4.42. The van der Waals surface area contributed by atoms with Crippen LogP contribution in [-0.4, -0.2) is 9.91 Å². The van der Waals surface area contributed by atoms with Crippen LogP contribution in [0.4, 0.5) is 5.69 Å². The van der Waals surface area contributed by atoms with Gasteiger partial charge in [0.15, 0.2) is 0 Å².